The quantitative estimate of drug-likeness (QED) is 0.875. The fourth-order valence-corrected chi connectivity index (χ4v) is 2.56. The zero-order valence-corrected chi connectivity index (χ0v) is 12.2. The Bertz CT molecular complexity index is 496. The van der Waals surface area contributed by atoms with Gasteiger partial charge >= 0.3 is 6.03 Å². The molecule has 19 heavy (non-hydrogen) atoms. The number of hydrogen-bond donors (Lipinski definition) is 2. The first-order valence-electron chi connectivity index (χ1n) is 6.70. The molecule has 2 rings (SSSR count). The van der Waals surface area contributed by atoms with E-state index < -0.39 is 0 Å². The molecule has 1 aromatic carbocycles. The van der Waals surface area contributed by atoms with Crippen LogP contribution in [0.2, 0.25) is 0 Å². The minimum Gasteiger partial charge on any atom is -0.329 e. The SMILES string of the molecule is Cc1ccc(C2CN(C(C)(C)CN)C(=O)N2)c(C)c1. The van der Waals surface area contributed by atoms with Gasteiger partial charge in [-0.05, 0) is 38.8 Å². The van der Waals surface area contributed by atoms with Crippen molar-refractivity contribution in [2.45, 2.75) is 39.3 Å². The number of urea groups is 1. The largest absolute Gasteiger partial charge is 0.329 e. The standard InChI is InChI=1S/C15H23N3O/c1-10-5-6-12(11(2)7-10)13-8-18(14(19)17-13)15(3,4)9-16/h5-7,13H,8-9,16H2,1-4H3,(H,17,19). The van der Waals surface area contributed by atoms with Gasteiger partial charge in [-0.3, -0.25) is 0 Å². The van der Waals surface area contributed by atoms with E-state index >= 15 is 0 Å². The Kier molecular flexibility index (Phi) is 3.54. The van der Waals surface area contributed by atoms with Gasteiger partial charge in [-0.1, -0.05) is 23.8 Å². The van der Waals surface area contributed by atoms with Crippen molar-refractivity contribution >= 4 is 6.03 Å². The molecule has 1 aromatic rings. The zero-order valence-electron chi connectivity index (χ0n) is 12.2. The number of nitrogens with zero attached hydrogens (tertiary/aromatic N) is 1. The fourth-order valence-electron chi connectivity index (χ4n) is 2.56. The summed E-state index contributed by atoms with van der Waals surface area (Å²) in [5.74, 6) is 0. The van der Waals surface area contributed by atoms with Crippen molar-refractivity contribution in [3.63, 3.8) is 0 Å². The third kappa shape index (κ3) is 2.59. The lowest BCUT2D eigenvalue weighted by Crippen LogP contribution is -2.50. The Hall–Kier alpha value is -1.55. The number of carbonyl (C=O) groups is 1. The number of benzene rings is 1. The highest BCUT2D eigenvalue weighted by Crippen LogP contribution is 2.28. The van der Waals surface area contributed by atoms with Crippen LogP contribution in [-0.4, -0.2) is 29.6 Å². The highest BCUT2D eigenvalue weighted by atomic mass is 16.2. The molecule has 1 saturated heterocycles. The topological polar surface area (TPSA) is 58.4 Å². The smallest absolute Gasteiger partial charge is 0.318 e. The van der Waals surface area contributed by atoms with E-state index in [1.165, 1.54) is 16.7 Å². The Morgan fingerprint density at radius 3 is 2.68 bits per heavy atom. The number of rotatable bonds is 3. The van der Waals surface area contributed by atoms with Crippen LogP contribution in [-0.2, 0) is 0 Å². The molecule has 3 N–H and O–H groups in total. The second kappa shape index (κ2) is 4.85. The highest BCUT2D eigenvalue weighted by molar-refractivity contribution is 5.78. The molecule has 0 saturated carbocycles. The van der Waals surface area contributed by atoms with Gasteiger partial charge in [0.2, 0.25) is 0 Å². The van der Waals surface area contributed by atoms with E-state index in [4.69, 9.17) is 5.73 Å². The van der Waals surface area contributed by atoms with Crippen LogP contribution >= 0.6 is 0 Å². The Balaban J connectivity index is 2.24. The lowest BCUT2D eigenvalue weighted by atomic mass is 9.98. The molecule has 0 radical (unpaired) electrons. The van der Waals surface area contributed by atoms with E-state index in [-0.39, 0.29) is 17.6 Å². The van der Waals surface area contributed by atoms with Crippen molar-refractivity contribution in [2.75, 3.05) is 13.1 Å². The molecule has 4 heteroatoms. The van der Waals surface area contributed by atoms with E-state index in [1.54, 1.807) is 0 Å². The maximum absolute atomic E-state index is 12.1. The number of nitrogens with two attached hydrogens (primary N) is 1. The minimum atomic E-state index is -0.308. The van der Waals surface area contributed by atoms with Gasteiger partial charge in [0.25, 0.3) is 0 Å². The Morgan fingerprint density at radius 1 is 1.42 bits per heavy atom. The maximum Gasteiger partial charge on any atom is 0.318 e. The molecule has 1 atom stereocenters. The van der Waals surface area contributed by atoms with Crippen molar-refractivity contribution in [1.29, 1.82) is 0 Å². The number of carbonyl (C=O) groups excluding carboxylic acids is 1. The molecule has 1 unspecified atom stereocenters. The molecular weight excluding hydrogens is 238 g/mol. The molecule has 1 aliphatic rings. The zero-order chi connectivity index (χ0) is 14.2. The molecule has 0 aromatic heterocycles. The second-order valence-electron chi connectivity index (χ2n) is 5.99. The van der Waals surface area contributed by atoms with Gasteiger partial charge in [-0.15, -0.1) is 0 Å². The predicted molar refractivity (Wildman–Crippen MR) is 77.0 cm³/mol. The molecule has 1 fully saturated rings. The van der Waals surface area contributed by atoms with Crippen LogP contribution in [0.5, 0.6) is 0 Å². The third-order valence-corrected chi connectivity index (χ3v) is 3.94. The molecule has 4 nitrogen and oxygen atoms in total. The number of aryl methyl sites for hydroxylation is 2. The predicted octanol–water partition coefficient (Wildman–Crippen LogP) is 2.11. The van der Waals surface area contributed by atoms with Gasteiger partial charge in [0.15, 0.2) is 0 Å². The summed E-state index contributed by atoms with van der Waals surface area (Å²) in [5, 5.41) is 3.05. The summed E-state index contributed by atoms with van der Waals surface area (Å²) in [6, 6.07) is 6.37. The van der Waals surface area contributed by atoms with Gasteiger partial charge in [0.1, 0.15) is 0 Å². The van der Waals surface area contributed by atoms with Gasteiger partial charge in [0.05, 0.1) is 11.6 Å². The summed E-state index contributed by atoms with van der Waals surface area (Å²) in [6.45, 7) is 9.29. The highest BCUT2D eigenvalue weighted by Gasteiger charge is 2.38. The van der Waals surface area contributed by atoms with E-state index in [1.807, 2.05) is 18.7 Å². The summed E-state index contributed by atoms with van der Waals surface area (Å²) in [5.41, 5.74) is 9.10. The average molecular weight is 261 g/mol. The van der Waals surface area contributed by atoms with Crippen LogP contribution in [0, 0.1) is 13.8 Å². The van der Waals surface area contributed by atoms with Crippen LogP contribution in [0.15, 0.2) is 18.2 Å². The van der Waals surface area contributed by atoms with E-state index in [0.29, 0.717) is 13.1 Å². The molecule has 0 spiro atoms. The number of hydrogen-bond acceptors (Lipinski definition) is 2. The van der Waals surface area contributed by atoms with Crippen LogP contribution in [0.3, 0.4) is 0 Å². The maximum atomic E-state index is 12.1. The van der Waals surface area contributed by atoms with Crippen molar-refractivity contribution < 1.29 is 4.79 Å². The first-order valence-corrected chi connectivity index (χ1v) is 6.70. The van der Waals surface area contributed by atoms with Gasteiger partial charge in [-0.25, -0.2) is 4.79 Å². The van der Waals surface area contributed by atoms with E-state index in [0.717, 1.165) is 0 Å². The molecular formula is C15H23N3O. The molecule has 104 valence electrons. The molecule has 1 heterocycles. The lowest BCUT2D eigenvalue weighted by molar-refractivity contribution is 0.163. The van der Waals surface area contributed by atoms with E-state index in [2.05, 4.69) is 37.4 Å². The first kappa shape index (κ1) is 13.9. The van der Waals surface area contributed by atoms with Crippen LogP contribution in [0.4, 0.5) is 4.79 Å². The Labute approximate surface area is 115 Å². The molecule has 2 amide bonds. The normalized spacial score (nSPS) is 19.7. The van der Waals surface area contributed by atoms with Crippen LogP contribution < -0.4 is 11.1 Å². The lowest BCUT2D eigenvalue weighted by Gasteiger charge is -2.33. The number of nitrogens with one attached hydrogen (secondary N) is 1. The monoisotopic (exact) mass is 261 g/mol. The van der Waals surface area contributed by atoms with Crippen molar-refractivity contribution in [3.8, 4) is 0 Å². The summed E-state index contributed by atoms with van der Waals surface area (Å²) in [4.78, 5) is 13.9. The molecule has 0 aliphatic carbocycles. The van der Waals surface area contributed by atoms with Crippen LogP contribution in [0.1, 0.15) is 36.6 Å². The fraction of sp³-hybridized carbons (Fsp3) is 0.533. The third-order valence-electron chi connectivity index (χ3n) is 3.94. The van der Waals surface area contributed by atoms with Gasteiger partial charge in [0, 0.05) is 13.1 Å². The van der Waals surface area contributed by atoms with E-state index in [9.17, 15) is 4.79 Å². The van der Waals surface area contributed by atoms with Crippen molar-refractivity contribution in [3.05, 3.63) is 34.9 Å². The van der Waals surface area contributed by atoms with Crippen LogP contribution in [0.25, 0.3) is 0 Å². The minimum absolute atomic E-state index is 0.0274. The van der Waals surface area contributed by atoms with Crippen molar-refractivity contribution in [2.24, 2.45) is 5.73 Å². The Morgan fingerprint density at radius 2 is 2.11 bits per heavy atom. The number of amides is 2. The summed E-state index contributed by atoms with van der Waals surface area (Å²) < 4.78 is 0. The summed E-state index contributed by atoms with van der Waals surface area (Å²) in [7, 11) is 0. The van der Waals surface area contributed by atoms with Gasteiger partial charge < -0.3 is 16.0 Å². The molecule has 0 bridgehead atoms. The first-order chi connectivity index (χ1) is 8.85. The van der Waals surface area contributed by atoms with Gasteiger partial charge in [-0.2, -0.15) is 0 Å². The average Bonchev–Trinajstić information content (AvgIpc) is 2.72. The summed E-state index contributed by atoms with van der Waals surface area (Å²) in [6.07, 6.45) is 0. The second-order valence-corrected chi connectivity index (χ2v) is 5.99. The summed E-state index contributed by atoms with van der Waals surface area (Å²) >= 11 is 0. The molecule has 1 aliphatic heterocycles. The van der Waals surface area contributed by atoms with Crippen molar-refractivity contribution in [1.82, 2.24) is 10.2 Å².